The zero-order chi connectivity index (χ0) is 15.6. The van der Waals surface area contributed by atoms with Crippen LogP contribution < -0.4 is 11.3 Å². The molecule has 0 saturated carbocycles. The fraction of sp³-hybridized carbons (Fsp3) is 0.0667. The quantitative estimate of drug-likeness (QED) is 0.343. The number of nitrogens with one attached hydrogen (secondary N) is 2. The van der Waals surface area contributed by atoms with Crippen LogP contribution in [0.2, 0.25) is 0 Å². The molecule has 0 fully saturated rings. The number of ketones is 1. The van der Waals surface area contributed by atoms with Crippen molar-refractivity contribution in [1.29, 1.82) is 0 Å². The Morgan fingerprint density at radius 2 is 2.14 bits per heavy atom. The van der Waals surface area contributed by atoms with Crippen LogP contribution in [0.15, 0.2) is 35.3 Å². The normalized spacial score (nSPS) is 10.2. The summed E-state index contributed by atoms with van der Waals surface area (Å²) in [5.41, 5.74) is 4.28. The Hall–Kier alpha value is -2.18. The molecule has 0 aliphatic heterocycles. The number of amides is 1. The Kier molecular flexibility index (Phi) is 4.40. The maximum atomic E-state index is 12.7. The minimum Gasteiger partial charge on any atom is -0.350 e. The maximum Gasteiger partial charge on any atom is 0.281 e. The van der Waals surface area contributed by atoms with Crippen molar-refractivity contribution in [2.45, 2.75) is 6.92 Å². The number of hydrogen-bond donors (Lipinski definition) is 3. The molecule has 0 saturated heterocycles. The van der Waals surface area contributed by atoms with Gasteiger partial charge < -0.3 is 4.98 Å². The highest BCUT2D eigenvalue weighted by Crippen LogP contribution is 2.24. The van der Waals surface area contributed by atoms with Crippen LogP contribution in [0.1, 0.15) is 37.7 Å². The molecule has 1 aromatic carbocycles. The van der Waals surface area contributed by atoms with Gasteiger partial charge in [-0.1, -0.05) is 34.6 Å². The first kappa shape index (κ1) is 15.2. The van der Waals surface area contributed by atoms with E-state index in [1.807, 2.05) is 6.07 Å². The van der Waals surface area contributed by atoms with Crippen molar-refractivity contribution < 1.29 is 9.59 Å². The van der Waals surface area contributed by atoms with Gasteiger partial charge in [-0.2, -0.15) is 0 Å². The number of nitrogens with two attached hydrogens (primary N) is 1. The Bertz CT molecular complexity index is 735. The van der Waals surface area contributed by atoms with Crippen molar-refractivity contribution in [3.8, 4) is 0 Å². The Morgan fingerprint density at radius 3 is 2.71 bits per heavy atom. The summed E-state index contributed by atoms with van der Waals surface area (Å²) in [5, 5.41) is 0. The summed E-state index contributed by atoms with van der Waals surface area (Å²) in [4.78, 5) is 27.3. The molecule has 5 nitrogen and oxygen atoms in total. The van der Waals surface area contributed by atoms with Gasteiger partial charge in [0, 0.05) is 15.7 Å². The number of rotatable bonds is 4. The van der Waals surface area contributed by atoms with Gasteiger partial charge in [0.25, 0.3) is 5.91 Å². The molecule has 0 atom stereocenters. The van der Waals surface area contributed by atoms with E-state index in [9.17, 15) is 9.59 Å². The molecule has 108 valence electrons. The highest BCUT2D eigenvalue weighted by molar-refractivity contribution is 9.10. The second-order valence-corrected chi connectivity index (χ2v) is 5.35. The fourth-order valence-corrected chi connectivity index (χ4v) is 2.54. The van der Waals surface area contributed by atoms with Crippen molar-refractivity contribution in [2.24, 2.45) is 5.84 Å². The lowest BCUT2D eigenvalue weighted by atomic mass is 9.99. The molecular formula is C15H14BrN3O2. The molecule has 0 unspecified atom stereocenters. The van der Waals surface area contributed by atoms with Crippen LogP contribution in [0.25, 0.3) is 6.08 Å². The van der Waals surface area contributed by atoms with E-state index in [2.05, 4.69) is 32.9 Å². The molecule has 21 heavy (non-hydrogen) atoms. The summed E-state index contributed by atoms with van der Waals surface area (Å²) in [6.45, 7) is 5.36. The van der Waals surface area contributed by atoms with E-state index in [0.29, 0.717) is 22.4 Å². The molecule has 2 rings (SSSR count). The van der Waals surface area contributed by atoms with Crippen LogP contribution in [0.5, 0.6) is 0 Å². The lowest BCUT2D eigenvalue weighted by molar-refractivity contribution is 0.0948. The number of aromatic amines is 1. The monoisotopic (exact) mass is 347 g/mol. The van der Waals surface area contributed by atoms with E-state index in [-0.39, 0.29) is 11.5 Å². The standard InChI is InChI=1S/C15H14BrN3O2/c1-3-11-12(8(2)13(18-11)15(21)19-17)14(20)9-5-4-6-10(16)7-9/h3-7,18H,1,17H2,2H3,(H,19,21). The molecule has 0 aliphatic carbocycles. The first-order valence-corrected chi connectivity index (χ1v) is 6.95. The maximum absolute atomic E-state index is 12.7. The molecule has 2 aromatic rings. The van der Waals surface area contributed by atoms with E-state index in [1.165, 1.54) is 6.08 Å². The van der Waals surface area contributed by atoms with Crippen LogP contribution in [0, 0.1) is 6.92 Å². The third-order valence-corrected chi connectivity index (χ3v) is 3.65. The fourth-order valence-electron chi connectivity index (χ4n) is 2.14. The molecule has 1 aromatic heterocycles. The second-order valence-electron chi connectivity index (χ2n) is 4.43. The lowest BCUT2D eigenvalue weighted by Crippen LogP contribution is -2.30. The predicted molar refractivity (Wildman–Crippen MR) is 84.8 cm³/mol. The molecule has 6 heteroatoms. The van der Waals surface area contributed by atoms with E-state index in [0.717, 1.165) is 4.47 Å². The van der Waals surface area contributed by atoms with Gasteiger partial charge >= 0.3 is 0 Å². The molecule has 1 amide bonds. The minimum absolute atomic E-state index is 0.184. The zero-order valence-corrected chi connectivity index (χ0v) is 13.0. The molecule has 0 aliphatic rings. The van der Waals surface area contributed by atoms with Gasteiger partial charge in [-0.05, 0) is 30.7 Å². The minimum atomic E-state index is -0.483. The van der Waals surface area contributed by atoms with E-state index >= 15 is 0 Å². The molecule has 0 bridgehead atoms. The van der Waals surface area contributed by atoms with Gasteiger partial charge in [-0.15, -0.1) is 0 Å². The number of halogens is 1. The number of H-pyrrole nitrogens is 1. The smallest absolute Gasteiger partial charge is 0.281 e. The number of aromatic nitrogens is 1. The summed E-state index contributed by atoms with van der Waals surface area (Å²) < 4.78 is 0.807. The highest BCUT2D eigenvalue weighted by atomic mass is 79.9. The third-order valence-electron chi connectivity index (χ3n) is 3.16. The third kappa shape index (κ3) is 2.81. The van der Waals surface area contributed by atoms with Gasteiger partial charge in [0.2, 0.25) is 0 Å². The number of benzene rings is 1. The van der Waals surface area contributed by atoms with E-state index < -0.39 is 5.91 Å². The molecule has 1 heterocycles. The number of hydrazine groups is 1. The topological polar surface area (TPSA) is 88.0 Å². The molecular weight excluding hydrogens is 334 g/mol. The first-order valence-electron chi connectivity index (χ1n) is 6.15. The van der Waals surface area contributed by atoms with Gasteiger partial charge in [0.05, 0.1) is 5.56 Å². The van der Waals surface area contributed by atoms with Crippen molar-refractivity contribution >= 4 is 33.7 Å². The van der Waals surface area contributed by atoms with E-state index in [4.69, 9.17) is 5.84 Å². The largest absolute Gasteiger partial charge is 0.350 e. The van der Waals surface area contributed by atoms with Crippen LogP contribution in [-0.4, -0.2) is 16.7 Å². The van der Waals surface area contributed by atoms with Crippen molar-refractivity contribution in [2.75, 3.05) is 0 Å². The first-order chi connectivity index (χ1) is 9.99. The molecule has 4 N–H and O–H groups in total. The van der Waals surface area contributed by atoms with Gasteiger partial charge in [0.15, 0.2) is 5.78 Å². The summed E-state index contributed by atoms with van der Waals surface area (Å²) >= 11 is 3.34. The van der Waals surface area contributed by atoms with Crippen LogP contribution in [-0.2, 0) is 0 Å². The van der Waals surface area contributed by atoms with Crippen LogP contribution in [0.3, 0.4) is 0 Å². The average Bonchev–Trinajstić information content (AvgIpc) is 2.82. The predicted octanol–water partition coefficient (Wildman–Crippen LogP) is 2.56. The number of carbonyl (C=O) groups excluding carboxylic acids is 2. The van der Waals surface area contributed by atoms with Gasteiger partial charge in [-0.3, -0.25) is 15.0 Å². The molecule has 0 spiro atoms. The van der Waals surface area contributed by atoms with Gasteiger partial charge in [-0.25, -0.2) is 5.84 Å². The molecule has 0 radical (unpaired) electrons. The number of carbonyl (C=O) groups is 2. The van der Waals surface area contributed by atoms with Gasteiger partial charge in [0.1, 0.15) is 5.69 Å². The van der Waals surface area contributed by atoms with Crippen LogP contribution in [0.4, 0.5) is 0 Å². The lowest BCUT2D eigenvalue weighted by Gasteiger charge is -2.03. The van der Waals surface area contributed by atoms with Crippen molar-refractivity contribution in [3.63, 3.8) is 0 Å². The SMILES string of the molecule is C=Cc1[nH]c(C(=O)NN)c(C)c1C(=O)c1cccc(Br)c1. The highest BCUT2D eigenvalue weighted by Gasteiger charge is 2.23. The van der Waals surface area contributed by atoms with E-state index in [1.54, 1.807) is 25.1 Å². The summed E-state index contributed by atoms with van der Waals surface area (Å²) in [5.74, 6) is 4.48. The van der Waals surface area contributed by atoms with Crippen molar-refractivity contribution in [3.05, 3.63) is 63.4 Å². The summed E-state index contributed by atoms with van der Waals surface area (Å²) in [6.07, 6.45) is 1.51. The second kappa shape index (κ2) is 6.07. The zero-order valence-electron chi connectivity index (χ0n) is 11.4. The summed E-state index contributed by atoms with van der Waals surface area (Å²) in [7, 11) is 0. The number of nitrogen functional groups attached to an aromatic ring is 1. The van der Waals surface area contributed by atoms with Crippen LogP contribution >= 0.6 is 15.9 Å². The average molecular weight is 348 g/mol. The Balaban J connectivity index is 2.58. The van der Waals surface area contributed by atoms with Crippen molar-refractivity contribution in [1.82, 2.24) is 10.4 Å². The Morgan fingerprint density at radius 1 is 1.43 bits per heavy atom. The summed E-state index contributed by atoms with van der Waals surface area (Å²) in [6, 6.07) is 7.06. The number of hydrogen-bond acceptors (Lipinski definition) is 3. The Labute approximate surface area is 130 Å².